The summed E-state index contributed by atoms with van der Waals surface area (Å²) in [6.07, 6.45) is 1.48. The number of esters is 2. The van der Waals surface area contributed by atoms with Crippen molar-refractivity contribution in [3.05, 3.63) is 118 Å². The number of ether oxygens (including phenoxy) is 6. The van der Waals surface area contributed by atoms with Crippen LogP contribution in [-0.2, 0) is 39.7 Å². The minimum atomic E-state index is -1.03. The molecule has 4 aromatic carbocycles. The summed E-state index contributed by atoms with van der Waals surface area (Å²) in [5.74, 6) is -0.257. The van der Waals surface area contributed by atoms with Gasteiger partial charge in [-0.15, -0.1) is 0 Å². The molecule has 0 radical (unpaired) electrons. The third-order valence-electron chi connectivity index (χ3n) is 8.70. The van der Waals surface area contributed by atoms with Gasteiger partial charge in [-0.1, -0.05) is 77.1 Å². The van der Waals surface area contributed by atoms with Gasteiger partial charge >= 0.3 is 11.9 Å². The van der Waals surface area contributed by atoms with Crippen LogP contribution in [0.25, 0.3) is 10.8 Å². The van der Waals surface area contributed by atoms with Crippen molar-refractivity contribution in [2.75, 3.05) is 40.6 Å². The van der Waals surface area contributed by atoms with Crippen molar-refractivity contribution >= 4 is 38.6 Å². The Morgan fingerprint density at radius 3 is 2.00 bits per heavy atom. The zero-order valence-corrected chi connectivity index (χ0v) is 26.6. The Bertz CT molecular complexity index is 1770. The van der Waals surface area contributed by atoms with Gasteiger partial charge in [0, 0.05) is 42.0 Å². The van der Waals surface area contributed by atoms with Crippen LogP contribution in [0.5, 0.6) is 11.5 Å². The molecule has 0 saturated heterocycles. The van der Waals surface area contributed by atoms with Crippen LogP contribution < -0.4 is 9.47 Å². The zero-order valence-electron chi connectivity index (χ0n) is 25.0. The first kappa shape index (κ1) is 30.8. The van der Waals surface area contributed by atoms with E-state index in [2.05, 4.69) is 28.6 Å². The van der Waals surface area contributed by atoms with Gasteiger partial charge < -0.3 is 28.4 Å². The summed E-state index contributed by atoms with van der Waals surface area (Å²) < 4.78 is 36.3. The van der Waals surface area contributed by atoms with Gasteiger partial charge in [-0.3, -0.25) is 4.79 Å². The molecule has 3 atom stereocenters. The predicted octanol–water partition coefficient (Wildman–Crippen LogP) is 6.45. The molecule has 0 N–H and O–H groups in total. The highest BCUT2D eigenvalue weighted by atomic mass is 79.9. The third-order valence-corrected chi connectivity index (χ3v) is 9.19. The maximum atomic E-state index is 13.9. The molecule has 0 spiro atoms. The predicted molar refractivity (Wildman–Crippen MR) is 171 cm³/mol. The first-order valence-electron chi connectivity index (χ1n) is 14.6. The molecule has 0 fully saturated rings. The minimum absolute atomic E-state index is 0.0468. The monoisotopic (exact) mass is 672 g/mol. The lowest BCUT2D eigenvalue weighted by molar-refractivity contribution is -0.173. The van der Waals surface area contributed by atoms with Crippen molar-refractivity contribution < 1.29 is 38.0 Å². The first-order valence-corrected chi connectivity index (χ1v) is 15.4. The van der Waals surface area contributed by atoms with Crippen LogP contribution in [0.3, 0.4) is 0 Å². The average Bonchev–Trinajstić information content (AvgIpc) is 3.08. The molecule has 0 heterocycles. The van der Waals surface area contributed by atoms with Crippen molar-refractivity contribution in [1.82, 2.24) is 0 Å². The Balaban J connectivity index is 1.17. The second-order valence-corrected chi connectivity index (χ2v) is 11.7. The average molecular weight is 674 g/mol. The van der Waals surface area contributed by atoms with Crippen LogP contribution in [0.15, 0.2) is 96.0 Å². The summed E-state index contributed by atoms with van der Waals surface area (Å²) >= 11 is 3.61. The fourth-order valence-corrected chi connectivity index (χ4v) is 7.17. The lowest BCUT2D eigenvalue weighted by Gasteiger charge is -2.56. The molecule has 0 saturated carbocycles. The molecule has 0 amide bonds. The normalized spacial score (nSPS) is 21.0. The fourth-order valence-electron chi connectivity index (χ4n) is 6.81. The Morgan fingerprint density at radius 1 is 0.778 bits per heavy atom. The number of hydrogen-bond acceptors (Lipinski definition) is 8. The van der Waals surface area contributed by atoms with E-state index in [4.69, 9.17) is 28.4 Å². The summed E-state index contributed by atoms with van der Waals surface area (Å²) in [4.78, 5) is 25.2. The first-order chi connectivity index (χ1) is 21.9. The van der Waals surface area contributed by atoms with Gasteiger partial charge in [0.2, 0.25) is 0 Å². The number of methoxy groups -OCH3 is 2. The maximum Gasteiger partial charge on any atom is 0.330 e. The van der Waals surface area contributed by atoms with Gasteiger partial charge in [-0.2, -0.15) is 0 Å². The SMILES string of the molecule is C=CC(=O)OCCOc1ccc(OCCOC(=O)C2CC3(OC)c4ccccc4C2(OC)c2ccc(Br)cc23)c2ccccc12. The topological polar surface area (TPSA) is 89.5 Å². The van der Waals surface area contributed by atoms with Gasteiger partial charge in [0.15, 0.2) is 0 Å². The molecule has 3 aliphatic rings. The van der Waals surface area contributed by atoms with Crippen molar-refractivity contribution in [3.63, 3.8) is 0 Å². The number of hydrogen-bond donors (Lipinski definition) is 0. The Labute approximate surface area is 270 Å². The van der Waals surface area contributed by atoms with Gasteiger partial charge in [0.25, 0.3) is 0 Å². The van der Waals surface area contributed by atoms with Crippen LogP contribution in [0.4, 0.5) is 0 Å². The Morgan fingerprint density at radius 2 is 1.38 bits per heavy atom. The van der Waals surface area contributed by atoms with Crippen LogP contribution in [0.1, 0.15) is 28.7 Å². The van der Waals surface area contributed by atoms with Crippen molar-refractivity contribution in [1.29, 1.82) is 0 Å². The van der Waals surface area contributed by atoms with E-state index in [9.17, 15) is 9.59 Å². The largest absolute Gasteiger partial charge is 0.489 e. The standard InChI is InChI=1S/C36H33BrO8/c1-4-33(38)44-19-17-42-31-15-16-32(25-10-6-5-9-24(25)31)43-18-20-45-34(39)30-22-35(40-2)26-11-7-8-12-27(26)36(30,41-3)28-14-13-23(37)21-29(28)35/h4-16,21,30H,1,17-20,22H2,2-3H3. The van der Waals surface area contributed by atoms with Crippen molar-refractivity contribution in [2.45, 2.75) is 17.6 Å². The number of rotatable bonds is 12. The molecule has 2 bridgehead atoms. The molecular formula is C36H33BrO8. The molecule has 45 heavy (non-hydrogen) atoms. The van der Waals surface area contributed by atoms with Crippen molar-refractivity contribution in [3.8, 4) is 11.5 Å². The Hall–Kier alpha value is -4.18. The van der Waals surface area contributed by atoms with Gasteiger partial charge in [0.1, 0.15) is 49.1 Å². The molecule has 3 aliphatic carbocycles. The van der Waals surface area contributed by atoms with Crippen LogP contribution in [0, 0.1) is 5.92 Å². The molecule has 0 aromatic heterocycles. The molecule has 4 aromatic rings. The molecule has 232 valence electrons. The molecule has 8 nitrogen and oxygen atoms in total. The second-order valence-electron chi connectivity index (χ2n) is 10.8. The van der Waals surface area contributed by atoms with Gasteiger partial charge in [0.05, 0.1) is 5.92 Å². The summed E-state index contributed by atoms with van der Waals surface area (Å²) in [5, 5.41) is 1.69. The van der Waals surface area contributed by atoms with Crippen LogP contribution in [-0.4, -0.2) is 52.6 Å². The van der Waals surface area contributed by atoms with Crippen molar-refractivity contribution in [2.24, 2.45) is 5.92 Å². The highest BCUT2D eigenvalue weighted by Gasteiger charge is 2.64. The third kappa shape index (κ3) is 5.18. The zero-order chi connectivity index (χ0) is 31.6. The lowest BCUT2D eigenvalue weighted by Crippen LogP contribution is -2.58. The summed E-state index contributed by atoms with van der Waals surface area (Å²) in [6, 6.07) is 25.3. The summed E-state index contributed by atoms with van der Waals surface area (Å²) in [7, 11) is 3.32. The smallest absolute Gasteiger partial charge is 0.330 e. The van der Waals surface area contributed by atoms with Crippen LogP contribution in [0.2, 0.25) is 0 Å². The molecular weight excluding hydrogens is 640 g/mol. The Kier molecular flexibility index (Phi) is 8.68. The minimum Gasteiger partial charge on any atom is -0.489 e. The quantitative estimate of drug-likeness (QED) is 0.0965. The second kappa shape index (κ2) is 12.7. The van der Waals surface area contributed by atoms with E-state index < -0.39 is 23.1 Å². The fraction of sp³-hybridized carbons (Fsp3) is 0.278. The van der Waals surface area contributed by atoms with E-state index in [0.717, 1.165) is 43.6 Å². The van der Waals surface area contributed by atoms with E-state index in [1.807, 2.05) is 66.7 Å². The molecule has 7 rings (SSSR count). The van der Waals surface area contributed by atoms with E-state index in [0.29, 0.717) is 17.9 Å². The summed E-state index contributed by atoms with van der Waals surface area (Å²) in [6.45, 7) is 3.88. The number of carbonyl (C=O) groups is 2. The number of carbonyl (C=O) groups excluding carboxylic acids is 2. The highest BCUT2D eigenvalue weighted by molar-refractivity contribution is 9.10. The highest BCUT2D eigenvalue weighted by Crippen LogP contribution is 2.62. The maximum absolute atomic E-state index is 13.9. The van der Waals surface area contributed by atoms with E-state index in [1.165, 1.54) is 0 Å². The van der Waals surface area contributed by atoms with E-state index >= 15 is 0 Å². The van der Waals surface area contributed by atoms with E-state index in [1.54, 1.807) is 20.3 Å². The van der Waals surface area contributed by atoms with Crippen LogP contribution >= 0.6 is 15.9 Å². The number of halogens is 1. The van der Waals surface area contributed by atoms with Gasteiger partial charge in [-0.05, 0) is 46.5 Å². The molecule has 0 aliphatic heterocycles. The van der Waals surface area contributed by atoms with Gasteiger partial charge in [-0.25, -0.2) is 4.79 Å². The number of benzene rings is 4. The number of fused-ring (bicyclic) bond motifs is 2. The molecule has 3 unspecified atom stereocenters. The van der Waals surface area contributed by atoms with E-state index in [-0.39, 0.29) is 32.4 Å². The summed E-state index contributed by atoms with van der Waals surface area (Å²) in [5.41, 5.74) is 1.91. The molecule has 9 heteroatoms. The lowest BCUT2D eigenvalue weighted by atomic mass is 9.54.